The number of hydrogen-bond donors (Lipinski definition) is 4. The number of benzene rings is 9. The molecule has 764 valence electrons. The summed E-state index contributed by atoms with van der Waals surface area (Å²) in [6.45, 7) is 11.4. The van der Waals surface area contributed by atoms with Gasteiger partial charge in [-0.05, 0) is 204 Å². The van der Waals surface area contributed by atoms with Crippen LogP contribution in [-0.4, -0.2) is 154 Å². The molecule has 20 rings (SSSR count). The number of allylic oxidation sites excluding steroid dienone is 8. The Morgan fingerprint density at radius 1 is 0.250 bits per heavy atom. The van der Waals surface area contributed by atoms with Crippen molar-refractivity contribution in [2.24, 2.45) is 0 Å². The molecule has 0 fully saturated rings. The van der Waals surface area contributed by atoms with Gasteiger partial charge in [-0.15, -0.1) is 54.1 Å². The predicted octanol–water partition coefficient (Wildman–Crippen LogP) is 25.0. The molecule has 0 saturated heterocycles. The Hall–Kier alpha value is -15.9. The van der Waals surface area contributed by atoms with E-state index in [9.17, 15) is 19.2 Å². The van der Waals surface area contributed by atoms with Gasteiger partial charge in [-0.2, -0.15) is 0 Å². The van der Waals surface area contributed by atoms with Crippen LogP contribution in [0, 0.1) is 24.3 Å². The minimum atomic E-state index is -0.125. The number of hydrogen-bond acceptors (Lipinski definition) is 23. The van der Waals surface area contributed by atoms with Crippen molar-refractivity contribution in [2.75, 3.05) is 56.9 Å². The van der Waals surface area contributed by atoms with Crippen LogP contribution in [0.3, 0.4) is 0 Å². The number of aliphatic hydroxyl groups is 4. The summed E-state index contributed by atoms with van der Waals surface area (Å²) in [5.41, 5.74) is 21.7. The Kier molecular flexibility index (Phi) is 43.3. The third-order valence-electron chi connectivity index (χ3n) is 21.9. The van der Waals surface area contributed by atoms with Gasteiger partial charge >= 0.3 is 0 Å². The van der Waals surface area contributed by atoms with Crippen LogP contribution < -0.4 is 37.9 Å². The Bertz CT molecular complexity index is 7650. The maximum atomic E-state index is 10.0. The predicted molar refractivity (Wildman–Crippen MR) is 565 cm³/mol. The molecule has 4 radical (unpaired) electrons. The summed E-state index contributed by atoms with van der Waals surface area (Å²) in [7, 11) is 13.2. The molecule has 31 heteroatoms. The number of carbonyl (C=O) groups is 4. The number of aromatic nitrogens is 11. The standard InChI is InChI=1S/C25H19N2O2.3C24H18N3O2.4C5H8O2.4Ir/c1-28-18-13-14-26-22(16-18)21-12-11-17(15-25(21)29-2)27-23-9-5-3-7-19(23)20-8-4-6-10-24(20)27;1-28-17-9-10-18(23(15-17)29-2)20-14-16(11-13-25-20)27-21-7-4-3-6-19(21)24-22(27)8-5-12-26-24;1-28-16-9-10-18(20-14-17(29-2)11-13-25-20)23(15-16)27-21-7-4-3-6-19(21)24-22(27)8-5-12-26-24;1-28-17-11-13-25-20(15-17)18-10-9-16(14-23(18)29-2)27-21-7-4-3-6-19(21)24-22(27)8-5-12-26-24;4*1-4(6)3-5(2)7;;;;/h3-11,13-16H,1-2H3;3*3-9,11-15H,1-2H3;4*3,6H,1-2H3;;;;/q4*-1;;;;;;;;. The van der Waals surface area contributed by atoms with Crippen LogP contribution in [0.25, 0.3) is 155 Å². The van der Waals surface area contributed by atoms with Gasteiger partial charge in [-0.25, -0.2) is 0 Å². The zero-order valence-electron chi connectivity index (χ0n) is 83.5. The number of nitrogens with zero attached hydrogens (tertiary/aromatic N) is 11. The molecule has 0 saturated carbocycles. The second-order valence-corrected chi connectivity index (χ2v) is 32.2. The first kappa shape index (κ1) is 116. The fourth-order valence-electron chi connectivity index (χ4n) is 16.1. The van der Waals surface area contributed by atoms with E-state index >= 15 is 0 Å². The summed E-state index contributed by atoms with van der Waals surface area (Å²) in [5, 5.41) is 39.2. The summed E-state index contributed by atoms with van der Waals surface area (Å²) < 4.78 is 52.6. The molecule has 0 aliphatic carbocycles. The zero-order chi connectivity index (χ0) is 103. The molecule has 0 bridgehead atoms. The second-order valence-electron chi connectivity index (χ2n) is 32.2. The molecule has 0 unspecified atom stereocenters. The number of aliphatic hydroxyl groups excluding tert-OH is 4. The van der Waals surface area contributed by atoms with E-state index in [1.54, 1.807) is 87.7 Å². The van der Waals surface area contributed by atoms with Gasteiger partial charge in [0.25, 0.3) is 0 Å². The van der Waals surface area contributed by atoms with Crippen molar-refractivity contribution < 1.29 is 158 Å². The van der Waals surface area contributed by atoms with E-state index in [4.69, 9.17) is 58.3 Å². The topological polar surface area (TPSA) is 333 Å². The molecule has 9 aromatic carbocycles. The molecular weight excluding hydrogens is 2580 g/mol. The van der Waals surface area contributed by atoms with Gasteiger partial charge in [-0.1, -0.05) is 138 Å². The number of carbonyl (C=O) groups excluding carboxylic acids is 4. The van der Waals surface area contributed by atoms with Crippen molar-refractivity contribution in [3.63, 3.8) is 0 Å². The number of ketones is 4. The SMILES string of the molecule is CC(=O)C=C(C)O.CC(=O)C=C(C)O.CC(=O)C=C(C)O.CC(=O)C=C(C)O.COc1c[c-]c(-c2cc(-n3c4ccccc4c4ncccc43)ccn2)c(OC)c1.COc1ccnc(-c2[c-]cc(-n3c4ccccc4c4ccccc43)cc2OC)c1.COc1ccnc(-c2[c-]cc(-n3c4ccccc4c4ncccc43)cc2OC)c1.COc1ccnc(-c2[c-]cc(OC)cc2-n2c3ccccc3c3ncccc32)c1.[Ir].[Ir].[Ir].[Ir]. The van der Waals surface area contributed by atoms with Crippen LogP contribution in [0.4, 0.5) is 0 Å². The monoisotopic (exact) mass is 2690 g/mol. The molecule has 0 spiro atoms. The maximum absolute atomic E-state index is 10.0. The second kappa shape index (κ2) is 55.4. The van der Waals surface area contributed by atoms with E-state index in [0.29, 0.717) is 23.0 Å². The minimum Gasteiger partial charge on any atom is -0.540 e. The smallest absolute Gasteiger partial charge is 0.155 e. The van der Waals surface area contributed by atoms with Gasteiger partial charge in [0.2, 0.25) is 0 Å². The molecule has 0 atom stereocenters. The van der Waals surface area contributed by atoms with E-state index in [1.165, 1.54) is 90.5 Å². The Labute approximate surface area is 910 Å². The number of fused-ring (bicyclic) bond motifs is 12. The van der Waals surface area contributed by atoms with E-state index in [2.05, 4.69) is 181 Å². The molecule has 27 nitrogen and oxygen atoms in total. The van der Waals surface area contributed by atoms with Gasteiger partial charge in [0.15, 0.2) is 23.1 Å². The van der Waals surface area contributed by atoms with Gasteiger partial charge in [-0.3, -0.25) is 34.1 Å². The normalized spacial score (nSPS) is 10.9. The fourth-order valence-corrected chi connectivity index (χ4v) is 16.1. The zero-order valence-corrected chi connectivity index (χ0v) is 93.1. The molecule has 20 aromatic rings. The number of pyridine rings is 7. The van der Waals surface area contributed by atoms with E-state index in [0.717, 1.165) is 168 Å². The van der Waals surface area contributed by atoms with Crippen LogP contribution in [0.15, 0.2) is 346 Å². The number of methoxy groups -OCH3 is 8. The third-order valence-corrected chi connectivity index (χ3v) is 21.9. The van der Waals surface area contributed by atoms with Gasteiger partial charge in [0.05, 0.1) is 119 Å². The molecular formula is C117H105Ir4N11O16-4. The first-order valence-electron chi connectivity index (χ1n) is 45.1. The van der Waals surface area contributed by atoms with Crippen molar-refractivity contribution in [3.05, 3.63) is 370 Å². The van der Waals surface area contributed by atoms with Gasteiger partial charge in [0, 0.05) is 232 Å². The number of rotatable bonds is 20. The largest absolute Gasteiger partial charge is 0.540 e. The first-order chi connectivity index (χ1) is 69.7. The van der Waals surface area contributed by atoms with Crippen LogP contribution in [0.1, 0.15) is 55.4 Å². The maximum Gasteiger partial charge on any atom is 0.155 e. The molecule has 4 N–H and O–H groups in total. The van der Waals surface area contributed by atoms with Gasteiger partial charge < -0.3 is 96.5 Å². The van der Waals surface area contributed by atoms with Crippen molar-refractivity contribution in [1.29, 1.82) is 0 Å². The van der Waals surface area contributed by atoms with Crippen LogP contribution in [0.5, 0.6) is 46.0 Å². The average Bonchev–Trinajstić information content (AvgIpc) is 1.56. The number of ether oxygens (including phenoxy) is 8. The van der Waals surface area contributed by atoms with Crippen LogP contribution in [0.2, 0.25) is 0 Å². The molecule has 11 heterocycles. The van der Waals surface area contributed by atoms with Crippen molar-refractivity contribution in [1.82, 2.24) is 53.2 Å². The van der Waals surface area contributed by atoms with Crippen LogP contribution >= 0.6 is 0 Å². The number of para-hydroxylation sites is 5. The Morgan fingerprint density at radius 3 is 0.845 bits per heavy atom. The van der Waals surface area contributed by atoms with Crippen molar-refractivity contribution in [3.8, 4) is 114 Å². The quantitative estimate of drug-likeness (QED) is 0.0313. The summed E-state index contributed by atoms with van der Waals surface area (Å²) >= 11 is 0. The van der Waals surface area contributed by atoms with Crippen molar-refractivity contribution in [2.45, 2.75) is 55.4 Å². The summed E-state index contributed by atoms with van der Waals surface area (Å²) in [6.07, 6.45) is 17.1. The third kappa shape index (κ3) is 28.4. The minimum absolute atomic E-state index is 0. The Morgan fingerprint density at radius 2 is 0.514 bits per heavy atom. The molecule has 0 aliphatic heterocycles. The van der Waals surface area contributed by atoms with Gasteiger partial charge in [0.1, 0.15) is 17.2 Å². The summed E-state index contributed by atoms with van der Waals surface area (Å²) in [4.78, 5) is 71.9. The van der Waals surface area contributed by atoms with E-state index in [1.807, 2.05) is 164 Å². The Balaban J connectivity index is 0.000000200. The van der Waals surface area contributed by atoms with Crippen molar-refractivity contribution >= 4 is 111 Å². The molecule has 0 aliphatic rings. The molecule has 148 heavy (non-hydrogen) atoms. The van der Waals surface area contributed by atoms with E-state index < -0.39 is 0 Å². The summed E-state index contributed by atoms with van der Waals surface area (Å²) in [6, 6.07) is 97.7. The summed E-state index contributed by atoms with van der Waals surface area (Å²) in [5.74, 6) is 5.46. The fraction of sp³-hybridized carbons (Fsp3) is 0.137. The molecule has 11 aromatic heterocycles. The van der Waals surface area contributed by atoms with E-state index in [-0.39, 0.29) is 127 Å². The average molecular weight is 2690 g/mol. The first-order valence-corrected chi connectivity index (χ1v) is 45.1. The van der Waals surface area contributed by atoms with Crippen LogP contribution in [-0.2, 0) is 99.6 Å². The molecule has 0 amide bonds.